The van der Waals surface area contributed by atoms with Crippen molar-refractivity contribution in [1.29, 1.82) is 0 Å². The number of nitrogens with one attached hydrogen (secondary N) is 1. The number of ether oxygens (including phenoxy) is 1. The van der Waals surface area contributed by atoms with E-state index in [0.717, 1.165) is 25.0 Å². The van der Waals surface area contributed by atoms with Crippen molar-refractivity contribution in [1.82, 2.24) is 5.32 Å². The van der Waals surface area contributed by atoms with Gasteiger partial charge in [-0.2, -0.15) is 0 Å². The van der Waals surface area contributed by atoms with Gasteiger partial charge in [-0.3, -0.25) is 0 Å². The zero-order chi connectivity index (χ0) is 8.55. The van der Waals surface area contributed by atoms with Crippen molar-refractivity contribution in [2.75, 3.05) is 13.2 Å². The SMILES string of the molecule is CC1CCC2OCCNC2C1C. The van der Waals surface area contributed by atoms with Crippen LogP contribution in [0.2, 0.25) is 0 Å². The second kappa shape index (κ2) is 3.35. The van der Waals surface area contributed by atoms with E-state index in [2.05, 4.69) is 19.2 Å². The van der Waals surface area contributed by atoms with Gasteiger partial charge in [-0.25, -0.2) is 0 Å². The number of hydrogen-bond donors (Lipinski definition) is 1. The third-order valence-corrected chi connectivity index (χ3v) is 3.59. The third kappa shape index (κ3) is 1.38. The van der Waals surface area contributed by atoms with Crippen LogP contribution >= 0.6 is 0 Å². The van der Waals surface area contributed by atoms with Gasteiger partial charge < -0.3 is 10.1 Å². The molecule has 0 aromatic heterocycles. The van der Waals surface area contributed by atoms with Gasteiger partial charge in [-0.1, -0.05) is 13.8 Å². The standard InChI is InChI=1S/C10H19NO/c1-7-3-4-9-10(8(7)2)11-5-6-12-9/h7-11H,3-6H2,1-2H3. The number of rotatable bonds is 0. The minimum absolute atomic E-state index is 0.505. The molecular weight excluding hydrogens is 150 g/mol. The van der Waals surface area contributed by atoms with Crippen molar-refractivity contribution in [2.24, 2.45) is 11.8 Å². The second-order valence-corrected chi connectivity index (χ2v) is 4.30. The Morgan fingerprint density at radius 2 is 2.08 bits per heavy atom. The van der Waals surface area contributed by atoms with Crippen molar-refractivity contribution in [3.05, 3.63) is 0 Å². The average Bonchev–Trinajstić information content (AvgIpc) is 2.12. The first-order valence-corrected chi connectivity index (χ1v) is 5.14. The minimum atomic E-state index is 0.505. The first-order chi connectivity index (χ1) is 5.79. The number of hydrogen-bond acceptors (Lipinski definition) is 2. The second-order valence-electron chi connectivity index (χ2n) is 4.30. The molecule has 0 amide bonds. The molecule has 1 aliphatic heterocycles. The fraction of sp³-hybridized carbons (Fsp3) is 1.00. The molecule has 2 rings (SSSR count). The fourth-order valence-electron chi connectivity index (χ4n) is 2.50. The topological polar surface area (TPSA) is 21.3 Å². The van der Waals surface area contributed by atoms with Gasteiger partial charge in [0, 0.05) is 12.6 Å². The highest BCUT2D eigenvalue weighted by atomic mass is 16.5. The number of morpholine rings is 1. The molecule has 4 atom stereocenters. The van der Waals surface area contributed by atoms with Gasteiger partial charge in [-0.15, -0.1) is 0 Å². The summed E-state index contributed by atoms with van der Waals surface area (Å²) in [6.07, 6.45) is 3.10. The maximum Gasteiger partial charge on any atom is 0.0731 e. The van der Waals surface area contributed by atoms with Crippen molar-refractivity contribution >= 4 is 0 Å². The average molecular weight is 169 g/mol. The molecule has 0 spiro atoms. The lowest BCUT2D eigenvalue weighted by Gasteiger charge is -2.43. The van der Waals surface area contributed by atoms with E-state index in [4.69, 9.17) is 4.74 Å². The molecular formula is C10H19NO. The van der Waals surface area contributed by atoms with Gasteiger partial charge in [-0.05, 0) is 24.7 Å². The van der Waals surface area contributed by atoms with Gasteiger partial charge >= 0.3 is 0 Å². The number of fused-ring (bicyclic) bond motifs is 1. The molecule has 1 saturated carbocycles. The Morgan fingerprint density at radius 3 is 2.92 bits per heavy atom. The lowest BCUT2D eigenvalue weighted by molar-refractivity contribution is -0.0529. The molecule has 2 heteroatoms. The highest BCUT2D eigenvalue weighted by Gasteiger charge is 2.36. The molecule has 0 radical (unpaired) electrons. The summed E-state index contributed by atoms with van der Waals surface area (Å²) in [5, 5.41) is 3.58. The lowest BCUT2D eigenvalue weighted by atomic mass is 9.76. The molecule has 2 aliphatic rings. The third-order valence-electron chi connectivity index (χ3n) is 3.59. The van der Waals surface area contributed by atoms with Gasteiger partial charge in [0.2, 0.25) is 0 Å². The van der Waals surface area contributed by atoms with E-state index >= 15 is 0 Å². The van der Waals surface area contributed by atoms with Crippen LogP contribution in [0.1, 0.15) is 26.7 Å². The van der Waals surface area contributed by atoms with E-state index in [1.54, 1.807) is 0 Å². The summed E-state index contributed by atoms with van der Waals surface area (Å²) < 4.78 is 5.74. The van der Waals surface area contributed by atoms with E-state index in [1.165, 1.54) is 12.8 Å². The van der Waals surface area contributed by atoms with E-state index in [0.29, 0.717) is 12.1 Å². The summed E-state index contributed by atoms with van der Waals surface area (Å²) in [7, 11) is 0. The van der Waals surface area contributed by atoms with Gasteiger partial charge in [0.25, 0.3) is 0 Å². The highest BCUT2D eigenvalue weighted by Crippen LogP contribution is 2.32. The Kier molecular flexibility index (Phi) is 2.37. The molecule has 1 heterocycles. The highest BCUT2D eigenvalue weighted by molar-refractivity contribution is 4.91. The predicted octanol–water partition coefficient (Wildman–Crippen LogP) is 1.41. The summed E-state index contributed by atoms with van der Waals surface area (Å²) in [6, 6.07) is 0.627. The summed E-state index contributed by atoms with van der Waals surface area (Å²) in [6.45, 7) is 6.65. The normalized spacial score (nSPS) is 48.5. The van der Waals surface area contributed by atoms with Crippen molar-refractivity contribution in [3.8, 4) is 0 Å². The minimum Gasteiger partial charge on any atom is -0.375 e. The quantitative estimate of drug-likeness (QED) is 0.592. The monoisotopic (exact) mass is 169 g/mol. The molecule has 0 aromatic carbocycles. The summed E-state index contributed by atoms with van der Waals surface area (Å²) >= 11 is 0. The van der Waals surface area contributed by atoms with Crippen LogP contribution in [0.15, 0.2) is 0 Å². The molecule has 1 saturated heterocycles. The van der Waals surface area contributed by atoms with Crippen LogP contribution in [0.5, 0.6) is 0 Å². The molecule has 12 heavy (non-hydrogen) atoms. The Balaban J connectivity index is 2.03. The molecule has 70 valence electrons. The molecule has 2 nitrogen and oxygen atoms in total. The van der Waals surface area contributed by atoms with Crippen molar-refractivity contribution < 1.29 is 4.74 Å². The van der Waals surface area contributed by atoms with Gasteiger partial charge in [0.15, 0.2) is 0 Å². The maximum atomic E-state index is 5.74. The molecule has 1 N–H and O–H groups in total. The van der Waals surface area contributed by atoms with Crippen molar-refractivity contribution in [3.63, 3.8) is 0 Å². The van der Waals surface area contributed by atoms with Gasteiger partial charge in [0.05, 0.1) is 12.7 Å². The van der Waals surface area contributed by atoms with Crippen LogP contribution in [0.4, 0.5) is 0 Å². The first-order valence-electron chi connectivity index (χ1n) is 5.14. The van der Waals surface area contributed by atoms with E-state index in [-0.39, 0.29) is 0 Å². The summed E-state index contributed by atoms with van der Waals surface area (Å²) in [4.78, 5) is 0. The van der Waals surface area contributed by atoms with Crippen molar-refractivity contribution in [2.45, 2.75) is 38.8 Å². The maximum absolute atomic E-state index is 5.74. The molecule has 2 fully saturated rings. The van der Waals surface area contributed by atoms with Crippen LogP contribution in [0.25, 0.3) is 0 Å². The van der Waals surface area contributed by atoms with Crippen LogP contribution in [-0.4, -0.2) is 25.3 Å². The Morgan fingerprint density at radius 1 is 1.25 bits per heavy atom. The summed E-state index contributed by atoms with van der Waals surface area (Å²) in [5.41, 5.74) is 0. The zero-order valence-corrected chi connectivity index (χ0v) is 8.05. The molecule has 0 aromatic rings. The first kappa shape index (κ1) is 8.52. The lowest BCUT2D eigenvalue weighted by Crippen LogP contribution is -2.55. The van der Waals surface area contributed by atoms with Crippen LogP contribution in [0.3, 0.4) is 0 Å². The zero-order valence-electron chi connectivity index (χ0n) is 8.05. The van der Waals surface area contributed by atoms with Crippen LogP contribution < -0.4 is 5.32 Å². The Bertz CT molecular complexity index is 158. The van der Waals surface area contributed by atoms with E-state index in [9.17, 15) is 0 Å². The Hall–Kier alpha value is -0.0800. The fourth-order valence-corrected chi connectivity index (χ4v) is 2.50. The molecule has 4 unspecified atom stereocenters. The molecule has 1 aliphatic carbocycles. The van der Waals surface area contributed by atoms with E-state index < -0.39 is 0 Å². The van der Waals surface area contributed by atoms with Gasteiger partial charge in [0.1, 0.15) is 0 Å². The van der Waals surface area contributed by atoms with Crippen LogP contribution in [-0.2, 0) is 4.74 Å². The smallest absolute Gasteiger partial charge is 0.0731 e. The summed E-state index contributed by atoms with van der Waals surface area (Å²) in [5.74, 6) is 1.64. The predicted molar refractivity (Wildman–Crippen MR) is 49.1 cm³/mol. The largest absolute Gasteiger partial charge is 0.375 e. The van der Waals surface area contributed by atoms with E-state index in [1.807, 2.05) is 0 Å². The molecule has 0 bridgehead atoms. The Labute approximate surface area is 74.7 Å². The van der Waals surface area contributed by atoms with Crippen LogP contribution in [0, 0.1) is 11.8 Å².